The minimum absolute atomic E-state index is 0.272. The smallest absolute Gasteiger partial charge is 0.0564 e. The summed E-state index contributed by atoms with van der Waals surface area (Å²) in [6, 6.07) is 3.89. The number of hydrazine groups is 1. The minimum Gasteiger partial charge on any atom is -0.324 e. The van der Waals surface area contributed by atoms with Gasteiger partial charge in [0.2, 0.25) is 0 Å². The van der Waals surface area contributed by atoms with Gasteiger partial charge < -0.3 is 5.43 Å². The number of pyridine rings is 1. The fraction of sp³-hybridized carbons (Fsp3) is 0.643. The summed E-state index contributed by atoms with van der Waals surface area (Å²) in [4.78, 5) is 9.38. The fourth-order valence-corrected chi connectivity index (χ4v) is 2.46. The number of nitrogens with two attached hydrogens (primary N) is 1. The Morgan fingerprint density at radius 3 is 2.53 bits per heavy atom. The van der Waals surface area contributed by atoms with Crippen LogP contribution in [0.25, 0.3) is 0 Å². The highest BCUT2D eigenvalue weighted by Gasteiger charge is 2.25. The molecule has 1 aliphatic rings. The maximum absolute atomic E-state index is 5.42. The van der Waals surface area contributed by atoms with Crippen LogP contribution in [0.15, 0.2) is 18.3 Å². The van der Waals surface area contributed by atoms with Crippen LogP contribution in [0.3, 0.4) is 0 Å². The molecule has 2 heterocycles. The second-order valence-electron chi connectivity index (χ2n) is 6.11. The van der Waals surface area contributed by atoms with Crippen molar-refractivity contribution in [2.45, 2.75) is 32.9 Å². The van der Waals surface area contributed by atoms with Gasteiger partial charge in [0.1, 0.15) is 0 Å². The van der Waals surface area contributed by atoms with Crippen molar-refractivity contribution in [3.05, 3.63) is 24.0 Å². The van der Waals surface area contributed by atoms with Crippen molar-refractivity contribution < 1.29 is 0 Å². The summed E-state index contributed by atoms with van der Waals surface area (Å²) in [7, 11) is 0. The normalized spacial score (nSPS) is 18.5. The molecule has 3 N–H and O–H groups in total. The summed E-state index contributed by atoms with van der Waals surface area (Å²) in [5.74, 6) is 5.42. The highest BCUT2D eigenvalue weighted by atomic mass is 15.3. The van der Waals surface area contributed by atoms with Gasteiger partial charge in [-0.2, -0.15) is 0 Å². The maximum atomic E-state index is 5.42. The van der Waals surface area contributed by atoms with Crippen molar-refractivity contribution in [1.82, 2.24) is 14.8 Å². The third-order valence-electron chi connectivity index (χ3n) is 3.69. The number of hydrogen-bond acceptors (Lipinski definition) is 5. The number of rotatable bonds is 3. The Hall–Kier alpha value is -1.17. The molecule has 1 aromatic rings. The molecular weight excluding hydrogens is 238 g/mol. The molecule has 5 nitrogen and oxygen atoms in total. The Balaban J connectivity index is 1.88. The van der Waals surface area contributed by atoms with Crippen molar-refractivity contribution in [1.29, 1.82) is 0 Å². The van der Waals surface area contributed by atoms with E-state index < -0.39 is 0 Å². The van der Waals surface area contributed by atoms with E-state index in [4.69, 9.17) is 5.84 Å². The van der Waals surface area contributed by atoms with Gasteiger partial charge in [0.15, 0.2) is 0 Å². The number of aromatic nitrogens is 1. The van der Waals surface area contributed by atoms with Crippen LogP contribution in [0.1, 0.15) is 26.5 Å². The minimum atomic E-state index is 0.272. The number of nitrogens with zero attached hydrogens (tertiary/aromatic N) is 3. The van der Waals surface area contributed by atoms with Crippen molar-refractivity contribution in [3.8, 4) is 0 Å². The van der Waals surface area contributed by atoms with E-state index >= 15 is 0 Å². The molecule has 0 spiro atoms. The molecule has 0 saturated carbocycles. The van der Waals surface area contributed by atoms with Crippen LogP contribution in [0.2, 0.25) is 0 Å². The van der Waals surface area contributed by atoms with Gasteiger partial charge in [-0.05, 0) is 32.9 Å². The molecule has 19 heavy (non-hydrogen) atoms. The molecular formula is C14H25N5. The molecule has 5 heteroatoms. The molecule has 1 saturated heterocycles. The van der Waals surface area contributed by atoms with E-state index in [0.29, 0.717) is 0 Å². The molecule has 1 aromatic heterocycles. The molecule has 2 rings (SSSR count). The highest BCUT2D eigenvalue weighted by Crippen LogP contribution is 2.17. The molecule has 106 valence electrons. The topological polar surface area (TPSA) is 57.4 Å². The predicted molar refractivity (Wildman–Crippen MR) is 78.7 cm³/mol. The van der Waals surface area contributed by atoms with Gasteiger partial charge in [0.25, 0.3) is 0 Å². The largest absolute Gasteiger partial charge is 0.324 e. The Labute approximate surface area is 115 Å². The number of anilines is 1. The molecule has 1 fully saturated rings. The van der Waals surface area contributed by atoms with E-state index in [1.807, 2.05) is 12.1 Å². The number of nitrogens with one attached hydrogen (secondary N) is 1. The van der Waals surface area contributed by atoms with Gasteiger partial charge >= 0.3 is 0 Å². The predicted octanol–water partition coefficient (Wildman–Crippen LogP) is 1.28. The number of nitrogen functional groups attached to an aromatic ring is 1. The molecule has 0 radical (unpaired) electrons. The van der Waals surface area contributed by atoms with Gasteiger partial charge in [-0.3, -0.25) is 20.6 Å². The average molecular weight is 263 g/mol. The van der Waals surface area contributed by atoms with E-state index in [9.17, 15) is 0 Å². The van der Waals surface area contributed by atoms with Crippen LogP contribution in [-0.4, -0.2) is 46.5 Å². The second kappa shape index (κ2) is 5.86. The zero-order valence-electron chi connectivity index (χ0n) is 12.2. The van der Waals surface area contributed by atoms with Crippen molar-refractivity contribution >= 4 is 5.69 Å². The highest BCUT2D eigenvalue weighted by molar-refractivity contribution is 5.41. The first kappa shape index (κ1) is 14.2. The number of hydrogen-bond donors (Lipinski definition) is 2. The Morgan fingerprint density at radius 2 is 1.95 bits per heavy atom. The first-order chi connectivity index (χ1) is 8.99. The van der Waals surface area contributed by atoms with Gasteiger partial charge in [0.05, 0.1) is 11.4 Å². The molecule has 0 aliphatic carbocycles. The van der Waals surface area contributed by atoms with Crippen molar-refractivity contribution in [2.75, 3.05) is 31.6 Å². The quantitative estimate of drug-likeness (QED) is 0.635. The monoisotopic (exact) mass is 263 g/mol. The zero-order chi connectivity index (χ0) is 13.9. The van der Waals surface area contributed by atoms with E-state index in [1.165, 1.54) is 0 Å². The molecule has 1 aliphatic heterocycles. The molecule has 0 atom stereocenters. The lowest BCUT2D eigenvalue weighted by molar-refractivity contribution is 0.0586. The van der Waals surface area contributed by atoms with E-state index in [0.717, 1.165) is 44.1 Å². The maximum Gasteiger partial charge on any atom is 0.0564 e. The zero-order valence-corrected chi connectivity index (χ0v) is 12.2. The van der Waals surface area contributed by atoms with E-state index in [-0.39, 0.29) is 5.54 Å². The van der Waals surface area contributed by atoms with Gasteiger partial charge in [-0.25, -0.2) is 0 Å². The summed E-state index contributed by atoms with van der Waals surface area (Å²) in [6.07, 6.45) is 1.80. The second-order valence-corrected chi connectivity index (χ2v) is 6.11. The van der Waals surface area contributed by atoms with E-state index in [2.05, 4.69) is 41.0 Å². The van der Waals surface area contributed by atoms with Gasteiger partial charge in [0, 0.05) is 44.5 Å². The summed E-state index contributed by atoms with van der Waals surface area (Å²) >= 11 is 0. The molecule has 0 unspecified atom stereocenters. The van der Waals surface area contributed by atoms with Crippen LogP contribution >= 0.6 is 0 Å². The van der Waals surface area contributed by atoms with Crippen LogP contribution in [0.5, 0.6) is 0 Å². The molecule has 0 amide bonds. The Morgan fingerprint density at radius 1 is 1.26 bits per heavy atom. The average Bonchev–Trinajstić information content (AvgIpc) is 2.38. The third-order valence-corrected chi connectivity index (χ3v) is 3.69. The molecule has 0 aromatic carbocycles. The summed E-state index contributed by atoms with van der Waals surface area (Å²) in [5.41, 5.74) is 4.92. The molecule has 0 bridgehead atoms. The Kier molecular flexibility index (Phi) is 4.39. The Bertz CT molecular complexity index is 405. The van der Waals surface area contributed by atoms with E-state index in [1.54, 1.807) is 6.20 Å². The van der Waals surface area contributed by atoms with Gasteiger partial charge in [-0.1, -0.05) is 0 Å². The van der Waals surface area contributed by atoms with Crippen molar-refractivity contribution in [2.24, 2.45) is 5.84 Å². The van der Waals surface area contributed by atoms with Crippen LogP contribution in [-0.2, 0) is 6.54 Å². The van der Waals surface area contributed by atoms with Crippen LogP contribution < -0.4 is 11.3 Å². The first-order valence-corrected chi connectivity index (χ1v) is 6.88. The fourth-order valence-electron chi connectivity index (χ4n) is 2.46. The lowest BCUT2D eigenvalue weighted by Gasteiger charge is -2.42. The van der Waals surface area contributed by atoms with Crippen molar-refractivity contribution in [3.63, 3.8) is 0 Å². The third kappa shape index (κ3) is 3.89. The lowest BCUT2D eigenvalue weighted by atomic mass is 10.0. The SMILES string of the molecule is CC(C)(C)N1CCN(Cc2cc(NN)ccn2)CC1. The summed E-state index contributed by atoms with van der Waals surface area (Å²) in [6.45, 7) is 12.2. The summed E-state index contributed by atoms with van der Waals surface area (Å²) in [5, 5.41) is 0. The number of piperazine rings is 1. The van der Waals surface area contributed by atoms with Crippen LogP contribution in [0.4, 0.5) is 5.69 Å². The standard InChI is InChI=1S/C14H25N5/c1-14(2,3)19-8-6-18(7-9-19)11-13-10-12(17-15)4-5-16-13/h4-5,10H,6-9,11,15H2,1-3H3,(H,16,17). The van der Waals surface area contributed by atoms with Crippen LogP contribution in [0, 0.1) is 0 Å². The summed E-state index contributed by atoms with van der Waals surface area (Å²) < 4.78 is 0. The first-order valence-electron chi connectivity index (χ1n) is 6.88. The lowest BCUT2D eigenvalue weighted by Crippen LogP contribution is -2.53. The van der Waals surface area contributed by atoms with Gasteiger partial charge in [-0.15, -0.1) is 0 Å².